The van der Waals surface area contributed by atoms with Gasteiger partial charge >= 0.3 is 0 Å². The molecule has 2 atom stereocenters. The molecular weight excluding hydrogens is 312 g/mol. The highest BCUT2D eigenvalue weighted by molar-refractivity contribution is 4.63. The smallest absolute Gasteiger partial charge is 0.0681 e. The Hall–Kier alpha value is -0.160. The van der Waals surface area contributed by atoms with E-state index in [2.05, 4.69) is 19.3 Å². The summed E-state index contributed by atoms with van der Waals surface area (Å²) in [6.07, 6.45) is 16.3. The minimum absolute atomic E-state index is 0.278. The molecule has 0 rings (SSSR count). The Kier molecular flexibility index (Phi) is 18.5. The lowest BCUT2D eigenvalue weighted by atomic mass is 10.1. The molecule has 4 nitrogen and oxygen atoms in total. The molecule has 0 aromatic rings. The summed E-state index contributed by atoms with van der Waals surface area (Å²) in [6, 6.07) is 0. The highest BCUT2D eigenvalue weighted by Gasteiger charge is 2.10. The van der Waals surface area contributed by atoms with Crippen molar-refractivity contribution in [1.29, 1.82) is 0 Å². The Morgan fingerprint density at radius 2 is 1.12 bits per heavy atom. The zero-order valence-electron chi connectivity index (χ0n) is 17.3. The molecule has 0 fully saturated rings. The van der Waals surface area contributed by atoms with E-state index >= 15 is 0 Å². The van der Waals surface area contributed by atoms with Crippen molar-refractivity contribution in [2.24, 2.45) is 0 Å². The van der Waals surface area contributed by atoms with Gasteiger partial charge in [-0.3, -0.25) is 5.43 Å². The number of nitrogens with zero attached hydrogens (tertiary/aromatic N) is 1. The van der Waals surface area contributed by atoms with E-state index in [0.717, 1.165) is 25.7 Å². The molecule has 3 N–H and O–H groups in total. The lowest BCUT2D eigenvalue weighted by molar-refractivity contribution is 0.0706. The molecular formula is C21H46N2O2. The number of unbranched alkanes of at least 4 members (excludes halogenated alkanes) is 10. The average Bonchev–Trinajstić information content (AvgIpc) is 2.59. The SMILES string of the molecule is CCCCCCCCC(O)CNN(C)CC(O)CCCCCCCC. The van der Waals surface area contributed by atoms with Crippen molar-refractivity contribution in [1.82, 2.24) is 10.4 Å². The number of likely N-dealkylation sites (N-methyl/N-ethyl adjacent to an activating group) is 1. The molecule has 0 heterocycles. The summed E-state index contributed by atoms with van der Waals surface area (Å²) < 4.78 is 0. The highest BCUT2D eigenvalue weighted by Crippen LogP contribution is 2.10. The van der Waals surface area contributed by atoms with Crippen molar-refractivity contribution in [3.8, 4) is 0 Å². The fourth-order valence-electron chi connectivity index (χ4n) is 3.16. The Morgan fingerprint density at radius 3 is 1.64 bits per heavy atom. The molecule has 152 valence electrons. The van der Waals surface area contributed by atoms with E-state index in [-0.39, 0.29) is 12.2 Å². The maximum absolute atomic E-state index is 10.1. The van der Waals surface area contributed by atoms with Gasteiger partial charge in [-0.15, -0.1) is 0 Å². The van der Waals surface area contributed by atoms with Gasteiger partial charge in [0.05, 0.1) is 12.2 Å². The van der Waals surface area contributed by atoms with Crippen molar-refractivity contribution < 1.29 is 10.2 Å². The van der Waals surface area contributed by atoms with Gasteiger partial charge in [0.25, 0.3) is 0 Å². The maximum Gasteiger partial charge on any atom is 0.0681 e. The molecule has 0 saturated heterocycles. The van der Waals surface area contributed by atoms with Crippen LogP contribution in [0.15, 0.2) is 0 Å². The number of nitrogens with one attached hydrogen (secondary N) is 1. The number of rotatable bonds is 19. The van der Waals surface area contributed by atoms with Crippen molar-refractivity contribution >= 4 is 0 Å². The van der Waals surface area contributed by atoms with Crippen LogP contribution in [-0.4, -0.2) is 47.6 Å². The second-order valence-electron chi connectivity index (χ2n) is 7.66. The molecule has 0 amide bonds. The third-order valence-electron chi connectivity index (χ3n) is 4.86. The van der Waals surface area contributed by atoms with Gasteiger partial charge in [0.2, 0.25) is 0 Å². The molecule has 0 bridgehead atoms. The average molecular weight is 359 g/mol. The van der Waals surface area contributed by atoms with Crippen LogP contribution in [0.25, 0.3) is 0 Å². The molecule has 0 aromatic carbocycles. The van der Waals surface area contributed by atoms with Gasteiger partial charge in [0.15, 0.2) is 0 Å². The van der Waals surface area contributed by atoms with Gasteiger partial charge in [-0.25, -0.2) is 5.01 Å². The molecule has 0 spiro atoms. The molecule has 0 aliphatic carbocycles. The van der Waals surface area contributed by atoms with Crippen molar-refractivity contribution in [2.45, 2.75) is 116 Å². The van der Waals surface area contributed by atoms with Gasteiger partial charge in [-0.1, -0.05) is 90.9 Å². The summed E-state index contributed by atoms with van der Waals surface area (Å²) in [5.41, 5.74) is 3.22. The standard InChI is InChI=1S/C21H46N2O2/c1-4-6-8-10-12-14-16-20(24)18-22-23(3)19-21(25)17-15-13-11-9-7-5-2/h20-22,24-25H,4-19H2,1-3H3. The summed E-state index contributed by atoms with van der Waals surface area (Å²) in [7, 11) is 1.95. The van der Waals surface area contributed by atoms with Crippen LogP contribution in [0.5, 0.6) is 0 Å². The lowest BCUT2D eigenvalue weighted by Crippen LogP contribution is -2.43. The predicted molar refractivity (Wildman–Crippen MR) is 109 cm³/mol. The highest BCUT2D eigenvalue weighted by atomic mass is 16.3. The third kappa shape index (κ3) is 18.4. The molecule has 2 unspecified atom stereocenters. The Labute approximate surface area is 157 Å². The predicted octanol–water partition coefficient (Wildman–Crippen LogP) is 4.65. The topological polar surface area (TPSA) is 55.7 Å². The largest absolute Gasteiger partial charge is 0.392 e. The number of hydrogen-bond donors (Lipinski definition) is 3. The fraction of sp³-hybridized carbons (Fsp3) is 1.00. The van der Waals surface area contributed by atoms with E-state index in [1.165, 1.54) is 64.2 Å². The molecule has 0 aliphatic heterocycles. The van der Waals surface area contributed by atoms with Gasteiger partial charge in [0, 0.05) is 20.1 Å². The molecule has 0 aromatic heterocycles. The van der Waals surface area contributed by atoms with E-state index in [1.807, 2.05) is 12.1 Å². The lowest BCUT2D eigenvalue weighted by Gasteiger charge is -2.23. The van der Waals surface area contributed by atoms with E-state index < -0.39 is 0 Å². The normalized spacial score (nSPS) is 14.2. The maximum atomic E-state index is 10.1. The Morgan fingerprint density at radius 1 is 0.680 bits per heavy atom. The number of hydrazine groups is 1. The van der Waals surface area contributed by atoms with Crippen LogP contribution in [0, 0.1) is 0 Å². The summed E-state index contributed by atoms with van der Waals surface area (Å²) in [6.45, 7) is 5.67. The monoisotopic (exact) mass is 358 g/mol. The second kappa shape index (κ2) is 18.6. The van der Waals surface area contributed by atoms with Crippen LogP contribution < -0.4 is 5.43 Å². The third-order valence-corrected chi connectivity index (χ3v) is 4.86. The van der Waals surface area contributed by atoms with E-state index in [4.69, 9.17) is 0 Å². The summed E-state index contributed by atoms with van der Waals surface area (Å²) >= 11 is 0. The number of hydrogen-bond acceptors (Lipinski definition) is 4. The van der Waals surface area contributed by atoms with Crippen LogP contribution in [0.2, 0.25) is 0 Å². The quantitative estimate of drug-likeness (QED) is 0.232. The zero-order chi connectivity index (χ0) is 18.8. The van der Waals surface area contributed by atoms with Crippen LogP contribution in [0.3, 0.4) is 0 Å². The van der Waals surface area contributed by atoms with E-state index in [9.17, 15) is 10.2 Å². The fourth-order valence-corrected chi connectivity index (χ4v) is 3.16. The van der Waals surface area contributed by atoms with Crippen LogP contribution in [-0.2, 0) is 0 Å². The zero-order valence-corrected chi connectivity index (χ0v) is 17.3. The molecule has 0 radical (unpaired) electrons. The molecule has 25 heavy (non-hydrogen) atoms. The summed E-state index contributed by atoms with van der Waals surface area (Å²) in [5, 5.41) is 22.0. The van der Waals surface area contributed by atoms with Gasteiger partial charge in [0.1, 0.15) is 0 Å². The van der Waals surface area contributed by atoms with Crippen molar-refractivity contribution in [3.63, 3.8) is 0 Å². The molecule has 4 heteroatoms. The minimum atomic E-state index is -0.288. The van der Waals surface area contributed by atoms with Crippen molar-refractivity contribution in [3.05, 3.63) is 0 Å². The second-order valence-corrected chi connectivity index (χ2v) is 7.66. The Bertz CT molecular complexity index is 264. The summed E-state index contributed by atoms with van der Waals surface area (Å²) in [4.78, 5) is 0. The first-order valence-electron chi connectivity index (χ1n) is 10.9. The van der Waals surface area contributed by atoms with Crippen LogP contribution in [0.4, 0.5) is 0 Å². The van der Waals surface area contributed by atoms with E-state index in [1.54, 1.807) is 0 Å². The first-order chi connectivity index (χ1) is 12.1. The van der Waals surface area contributed by atoms with Crippen LogP contribution in [0.1, 0.15) is 104 Å². The minimum Gasteiger partial charge on any atom is -0.392 e. The Balaban J connectivity index is 3.49. The van der Waals surface area contributed by atoms with Gasteiger partial charge in [-0.2, -0.15) is 0 Å². The summed E-state index contributed by atoms with van der Waals surface area (Å²) in [5.74, 6) is 0. The van der Waals surface area contributed by atoms with Gasteiger partial charge < -0.3 is 10.2 Å². The van der Waals surface area contributed by atoms with Gasteiger partial charge in [-0.05, 0) is 12.8 Å². The van der Waals surface area contributed by atoms with Crippen molar-refractivity contribution in [2.75, 3.05) is 20.1 Å². The number of aliphatic hydroxyl groups is 2. The first-order valence-corrected chi connectivity index (χ1v) is 10.9. The first kappa shape index (κ1) is 24.8. The molecule has 0 saturated carbocycles. The number of aliphatic hydroxyl groups excluding tert-OH is 2. The molecule has 0 aliphatic rings. The van der Waals surface area contributed by atoms with E-state index in [0.29, 0.717) is 13.1 Å². The van der Waals surface area contributed by atoms with Crippen LogP contribution >= 0.6 is 0 Å².